The number of fused-ring (bicyclic) bond motifs is 1. The second-order valence-corrected chi connectivity index (χ2v) is 7.25. The van der Waals surface area contributed by atoms with E-state index in [-0.39, 0.29) is 16.9 Å². The molecule has 25 heavy (non-hydrogen) atoms. The highest BCUT2D eigenvalue weighted by Gasteiger charge is 2.23. The average Bonchev–Trinajstić information content (AvgIpc) is 2.85. The summed E-state index contributed by atoms with van der Waals surface area (Å²) in [5.74, 6) is -1.25. The van der Waals surface area contributed by atoms with E-state index in [0.717, 1.165) is 5.56 Å². The Labute approximate surface area is 146 Å². The monoisotopic (exact) mass is 335 g/mol. The summed E-state index contributed by atoms with van der Waals surface area (Å²) >= 11 is 0. The van der Waals surface area contributed by atoms with Gasteiger partial charge in [0.25, 0.3) is 5.91 Å². The first kappa shape index (κ1) is 17.0. The molecule has 0 fully saturated rings. The van der Waals surface area contributed by atoms with Crippen LogP contribution in [0.4, 0.5) is 0 Å². The van der Waals surface area contributed by atoms with Gasteiger partial charge < -0.3 is 5.11 Å². The predicted molar refractivity (Wildman–Crippen MR) is 98.5 cm³/mol. The fourth-order valence-corrected chi connectivity index (χ4v) is 3.14. The number of hydrogen-bond donors (Lipinski definition) is 1. The first-order valence-electron chi connectivity index (χ1n) is 8.20. The Balaban J connectivity index is 2.15. The Kier molecular flexibility index (Phi) is 3.99. The van der Waals surface area contributed by atoms with Gasteiger partial charge in [-0.1, -0.05) is 51.1 Å². The molecule has 1 N–H and O–H groups in total. The van der Waals surface area contributed by atoms with Crippen LogP contribution < -0.4 is 0 Å². The van der Waals surface area contributed by atoms with E-state index in [4.69, 9.17) is 0 Å². The van der Waals surface area contributed by atoms with Gasteiger partial charge in [0, 0.05) is 16.6 Å². The molecule has 0 aliphatic carbocycles. The summed E-state index contributed by atoms with van der Waals surface area (Å²) in [7, 11) is 0. The van der Waals surface area contributed by atoms with Crippen LogP contribution in [-0.4, -0.2) is 21.6 Å². The molecule has 0 aliphatic rings. The van der Waals surface area contributed by atoms with Crippen LogP contribution in [0.15, 0.2) is 48.5 Å². The van der Waals surface area contributed by atoms with E-state index >= 15 is 0 Å². The highest BCUT2D eigenvalue weighted by Crippen LogP contribution is 2.28. The third-order valence-electron chi connectivity index (χ3n) is 4.53. The lowest BCUT2D eigenvalue weighted by molar-refractivity contribution is 0.0698. The SMILES string of the molecule is Cc1c(C(=O)O)c2ccccc2n1C(=O)c1ccc(C(C)(C)C)cc1. The minimum atomic E-state index is -1.02. The number of carbonyl (C=O) groups excluding carboxylic acids is 1. The van der Waals surface area contributed by atoms with E-state index in [1.54, 1.807) is 43.3 Å². The third kappa shape index (κ3) is 2.84. The number of aromatic carboxylic acids is 1. The molecule has 0 aliphatic heterocycles. The fraction of sp³-hybridized carbons (Fsp3) is 0.238. The van der Waals surface area contributed by atoms with Gasteiger partial charge in [0.2, 0.25) is 0 Å². The number of carboxylic acid groups (broad SMARTS) is 1. The molecule has 0 saturated heterocycles. The molecule has 0 radical (unpaired) electrons. The number of rotatable bonds is 2. The largest absolute Gasteiger partial charge is 0.478 e. The minimum absolute atomic E-state index is 0.00805. The van der Waals surface area contributed by atoms with Gasteiger partial charge in [-0.15, -0.1) is 0 Å². The lowest BCUT2D eigenvalue weighted by Crippen LogP contribution is -2.15. The van der Waals surface area contributed by atoms with Gasteiger partial charge in [0.1, 0.15) is 0 Å². The standard InChI is InChI=1S/C21H21NO3/c1-13-18(20(24)25)16-7-5-6-8-17(16)22(13)19(23)14-9-11-15(12-10-14)21(2,3)4/h5-12H,1-4H3,(H,24,25). The van der Waals surface area contributed by atoms with Crippen molar-refractivity contribution < 1.29 is 14.7 Å². The van der Waals surface area contributed by atoms with Crippen LogP contribution in [0.5, 0.6) is 0 Å². The Hall–Kier alpha value is -2.88. The molecule has 1 aromatic heterocycles. The molecule has 0 spiro atoms. The molecule has 3 rings (SSSR count). The molecule has 3 aromatic rings. The van der Waals surface area contributed by atoms with Crippen molar-refractivity contribution in [2.24, 2.45) is 0 Å². The van der Waals surface area contributed by atoms with E-state index in [1.165, 1.54) is 4.57 Å². The maximum absolute atomic E-state index is 13.0. The van der Waals surface area contributed by atoms with Crippen molar-refractivity contribution in [3.63, 3.8) is 0 Å². The molecule has 0 amide bonds. The van der Waals surface area contributed by atoms with Crippen LogP contribution in [0.3, 0.4) is 0 Å². The van der Waals surface area contributed by atoms with E-state index in [9.17, 15) is 14.7 Å². The van der Waals surface area contributed by atoms with Crippen LogP contribution in [-0.2, 0) is 5.41 Å². The van der Waals surface area contributed by atoms with Gasteiger partial charge in [-0.3, -0.25) is 9.36 Å². The zero-order valence-corrected chi connectivity index (χ0v) is 14.8. The van der Waals surface area contributed by atoms with Crippen molar-refractivity contribution in [1.29, 1.82) is 0 Å². The molecular formula is C21H21NO3. The first-order valence-corrected chi connectivity index (χ1v) is 8.20. The summed E-state index contributed by atoms with van der Waals surface area (Å²) < 4.78 is 1.49. The summed E-state index contributed by atoms with van der Waals surface area (Å²) in [6.07, 6.45) is 0. The summed E-state index contributed by atoms with van der Waals surface area (Å²) in [6, 6.07) is 14.6. The van der Waals surface area contributed by atoms with Crippen molar-refractivity contribution in [2.45, 2.75) is 33.1 Å². The molecule has 0 saturated carbocycles. The first-order chi connectivity index (χ1) is 11.7. The molecular weight excluding hydrogens is 314 g/mol. The number of aromatic nitrogens is 1. The molecule has 0 unspecified atom stereocenters. The molecule has 4 nitrogen and oxygen atoms in total. The summed E-state index contributed by atoms with van der Waals surface area (Å²) in [6.45, 7) is 8.02. The molecule has 2 aromatic carbocycles. The number of hydrogen-bond acceptors (Lipinski definition) is 2. The van der Waals surface area contributed by atoms with Gasteiger partial charge >= 0.3 is 5.97 Å². The van der Waals surface area contributed by atoms with Crippen molar-refractivity contribution in [3.05, 3.63) is 70.9 Å². The molecule has 1 heterocycles. The Morgan fingerprint density at radius 3 is 2.12 bits per heavy atom. The van der Waals surface area contributed by atoms with Crippen LogP contribution >= 0.6 is 0 Å². The van der Waals surface area contributed by atoms with Crippen molar-refractivity contribution in [1.82, 2.24) is 4.57 Å². The number of benzene rings is 2. The van der Waals surface area contributed by atoms with E-state index in [2.05, 4.69) is 20.8 Å². The summed E-state index contributed by atoms with van der Waals surface area (Å²) in [4.78, 5) is 24.7. The van der Waals surface area contributed by atoms with Crippen LogP contribution in [0.2, 0.25) is 0 Å². The van der Waals surface area contributed by atoms with Crippen LogP contribution in [0, 0.1) is 6.92 Å². The van der Waals surface area contributed by atoms with Crippen molar-refractivity contribution >= 4 is 22.8 Å². The maximum atomic E-state index is 13.0. The molecule has 4 heteroatoms. The smallest absolute Gasteiger partial charge is 0.338 e. The minimum Gasteiger partial charge on any atom is -0.478 e. The molecule has 0 atom stereocenters. The van der Waals surface area contributed by atoms with E-state index in [0.29, 0.717) is 22.2 Å². The summed E-state index contributed by atoms with van der Waals surface area (Å²) in [5.41, 5.74) is 2.92. The topological polar surface area (TPSA) is 59.3 Å². The van der Waals surface area contributed by atoms with Gasteiger partial charge in [-0.25, -0.2) is 4.79 Å². The lowest BCUT2D eigenvalue weighted by Gasteiger charge is -2.19. The Morgan fingerprint density at radius 2 is 1.56 bits per heavy atom. The lowest BCUT2D eigenvalue weighted by atomic mass is 9.86. The van der Waals surface area contributed by atoms with Gasteiger partial charge in [0.15, 0.2) is 0 Å². The second kappa shape index (κ2) is 5.88. The summed E-state index contributed by atoms with van der Waals surface area (Å²) in [5, 5.41) is 10.1. The zero-order chi connectivity index (χ0) is 18.4. The molecule has 0 bridgehead atoms. The zero-order valence-electron chi connectivity index (χ0n) is 14.8. The second-order valence-electron chi connectivity index (χ2n) is 7.25. The van der Waals surface area contributed by atoms with Gasteiger partial charge in [-0.2, -0.15) is 0 Å². The van der Waals surface area contributed by atoms with Crippen molar-refractivity contribution in [3.8, 4) is 0 Å². The predicted octanol–water partition coefficient (Wildman–Crippen LogP) is 4.63. The van der Waals surface area contributed by atoms with Gasteiger partial charge in [-0.05, 0) is 36.1 Å². The highest BCUT2D eigenvalue weighted by atomic mass is 16.4. The van der Waals surface area contributed by atoms with Gasteiger partial charge in [0.05, 0.1) is 11.1 Å². The average molecular weight is 335 g/mol. The number of carbonyl (C=O) groups is 2. The van der Waals surface area contributed by atoms with Crippen molar-refractivity contribution in [2.75, 3.05) is 0 Å². The Bertz CT molecular complexity index is 973. The fourth-order valence-electron chi connectivity index (χ4n) is 3.14. The maximum Gasteiger partial charge on any atom is 0.338 e. The quantitative estimate of drug-likeness (QED) is 0.742. The molecule has 128 valence electrons. The van der Waals surface area contributed by atoms with E-state index in [1.807, 2.05) is 12.1 Å². The third-order valence-corrected chi connectivity index (χ3v) is 4.53. The van der Waals surface area contributed by atoms with Crippen LogP contribution in [0.1, 0.15) is 52.7 Å². The number of carboxylic acids is 1. The number of nitrogens with zero attached hydrogens (tertiary/aromatic N) is 1. The normalized spacial score (nSPS) is 11.7. The van der Waals surface area contributed by atoms with Crippen LogP contribution in [0.25, 0.3) is 10.9 Å². The number of para-hydroxylation sites is 1. The Morgan fingerprint density at radius 1 is 0.960 bits per heavy atom. The highest BCUT2D eigenvalue weighted by molar-refractivity contribution is 6.11. The van der Waals surface area contributed by atoms with E-state index < -0.39 is 5.97 Å².